The average Bonchev–Trinajstić information content (AvgIpc) is 3.22. The number of nitrogens with zero attached hydrogens (tertiary/aromatic N) is 4. The van der Waals surface area contributed by atoms with E-state index in [4.69, 9.17) is 4.74 Å². The summed E-state index contributed by atoms with van der Waals surface area (Å²) in [6.07, 6.45) is 3.30. The van der Waals surface area contributed by atoms with Gasteiger partial charge >= 0.3 is 0 Å². The minimum Gasteiger partial charge on any atom is -0.380 e. The van der Waals surface area contributed by atoms with E-state index in [0.717, 1.165) is 12.8 Å². The van der Waals surface area contributed by atoms with Crippen molar-refractivity contribution < 1.29 is 13.9 Å². The van der Waals surface area contributed by atoms with Crippen LogP contribution in [0, 0.1) is 11.2 Å². The van der Waals surface area contributed by atoms with Crippen molar-refractivity contribution in [2.75, 3.05) is 19.8 Å². The van der Waals surface area contributed by atoms with E-state index in [1.807, 2.05) is 0 Å². The van der Waals surface area contributed by atoms with E-state index in [-0.39, 0.29) is 23.2 Å². The topological polar surface area (TPSA) is 60.2 Å². The summed E-state index contributed by atoms with van der Waals surface area (Å²) < 4.78 is 21.1. The van der Waals surface area contributed by atoms with E-state index in [1.54, 1.807) is 34.0 Å². The number of ether oxygens (including phenoxy) is 1. The lowest BCUT2D eigenvalue weighted by Gasteiger charge is -2.37. The quantitative estimate of drug-likeness (QED) is 0.855. The average molecular weight is 344 g/mol. The maximum Gasteiger partial charge on any atom is 0.276 e. The molecule has 0 bridgehead atoms. The number of aromatic nitrogens is 3. The van der Waals surface area contributed by atoms with Crippen LogP contribution in [0.2, 0.25) is 0 Å². The number of carbonyl (C=O) groups excluding carboxylic acids is 1. The molecule has 0 N–H and O–H groups in total. The fraction of sp³-hybridized carbons (Fsp3) is 0.500. The van der Waals surface area contributed by atoms with Gasteiger partial charge in [-0.15, -0.1) is 5.10 Å². The molecule has 0 saturated carbocycles. The zero-order chi connectivity index (χ0) is 17.4. The third-order valence-electron chi connectivity index (χ3n) is 4.98. The van der Waals surface area contributed by atoms with Crippen molar-refractivity contribution in [3.8, 4) is 0 Å². The van der Waals surface area contributed by atoms with E-state index >= 15 is 0 Å². The second-order valence-corrected chi connectivity index (χ2v) is 7.28. The third kappa shape index (κ3) is 3.04. The number of carbonyl (C=O) groups is 1. The number of hydrogen-bond donors (Lipinski definition) is 0. The normalized spacial score (nSPS) is 22.0. The van der Waals surface area contributed by atoms with Crippen molar-refractivity contribution in [2.24, 2.45) is 5.41 Å². The van der Waals surface area contributed by atoms with Crippen molar-refractivity contribution in [2.45, 2.75) is 32.4 Å². The Hall–Kier alpha value is -2.28. The first kappa shape index (κ1) is 16.2. The van der Waals surface area contributed by atoms with Crippen LogP contribution < -0.4 is 0 Å². The van der Waals surface area contributed by atoms with Gasteiger partial charge in [0.05, 0.1) is 32.0 Å². The minimum atomic E-state index is -0.270. The monoisotopic (exact) mass is 344 g/mol. The molecule has 0 spiro atoms. The second-order valence-electron chi connectivity index (χ2n) is 7.28. The predicted molar refractivity (Wildman–Crippen MR) is 88.4 cm³/mol. The lowest BCUT2D eigenvalue weighted by atomic mass is 9.89. The molecule has 2 aliphatic heterocycles. The molecule has 1 amide bonds. The van der Waals surface area contributed by atoms with Gasteiger partial charge in [0.2, 0.25) is 0 Å². The van der Waals surface area contributed by atoms with E-state index < -0.39 is 0 Å². The zero-order valence-corrected chi connectivity index (χ0v) is 14.2. The number of hydrogen-bond acceptors (Lipinski definition) is 4. The van der Waals surface area contributed by atoms with Crippen LogP contribution in [-0.4, -0.2) is 45.6 Å². The summed E-state index contributed by atoms with van der Waals surface area (Å²) in [5.74, 6) is -0.458. The highest BCUT2D eigenvalue weighted by molar-refractivity contribution is 5.92. The van der Waals surface area contributed by atoms with Crippen LogP contribution in [0.5, 0.6) is 0 Å². The summed E-state index contributed by atoms with van der Waals surface area (Å²) >= 11 is 0. The van der Waals surface area contributed by atoms with Gasteiger partial charge in [0.1, 0.15) is 5.82 Å². The fourth-order valence-corrected chi connectivity index (χ4v) is 3.63. The zero-order valence-electron chi connectivity index (χ0n) is 14.2. The molecule has 2 aromatic rings. The van der Waals surface area contributed by atoms with Crippen molar-refractivity contribution in [1.82, 2.24) is 19.9 Å². The molecule has 7 heteroatoms. The van der Waals surface area contributed by atoms with Gasteiger partial charge in [0.25, 0.3) is 5.91 Å². The smallest absolute Gasteiger partial charge is 0.276 e. The number of benzene rings is 1. The summed E-state index contributed by atoms with van der Waals surface area (Å²) in [6.45, 7) is 4.78. The van der Waals surface area contributed by atoms with Gasteiger partial charge in [-0.3, -0.25) is 9.48 Å². The highest BCUT2D eigenvalue weighted by atomic mass is 19.1. The fourth-order valence-electron chi connectivity index (χ4n) is 3.63. The van der Waals surface area contributed by atoms with Gasteiger partial charge < -0.3 is 9.64 Å². The Kier molecular flexibility index (Phi) is 4.03. The van der Waals surface area contributed by atoms with Crippen LogP contribution in [0.15, 0.2) is 30.5 Å². The van der Waals surface area contributed by atoms with Crippen LogP contribution in [0.1, 0.15) is 41.9 Å². The summed E-state index contributed by atoms with van der Waals surface area (Å²) in [7, 11) is 0. The Labute approximate surface area is 145 Å². The van der Waals surface area contributed by atoms with Gasteiger partial charge in [-0.1, -0.05) is 30.3 Å². The lowest BCUT2D eigenvalue weighted by Crippen LogP contribution is -2.43. The number of amides is 1. The first-order valence-electron chi connectivity index (χ1n) is 8.59. The molecule has 1 aromatic carbocycles. The Morgan fingerprint density at radius 1 is 1.40 bits per heavy atom. The molecule has 132 valence electrons. The molecular weight excluding hydrogens is 323 g/mol. The van der Waals surface area contributed by atoms with Crippen molar-refractivity contribution in [3.05, 3.63) is 47.5 Å². The van der Waals surface area contributed by atoms with Crippen LogP contribution in [0.25, 0.3) is 0 Å². The van der Waals surface area contributed by atoms with Crippen LogP contribution in [0.3, 0.4) is 0 Å². The minimum absolute atomic E-state index is 0.0529. The molecule has 2 fully saturated rings. The summed E-state index contributed by atoms with van der Waals surface area (Å²) in [5, 5.41) is 8.12. The molecule has 25 heavy (non-hydrogen) atoms. The van der Waals surface area contributed by atoms with E-state index in [1.165, 1.54) is 6.07 Å². The van der Waals surface area contributed by atoms with Crippen molar-refractivity contribution >= 4 is 5.91 Å². The van der Waals surface area contributed by atoms with E-state index in [2.05, 4.69) is 17.2 Å². The van der Waals surface area contributed by atoms with Gasteiger partial charge in [0, 0.05) is 17.5 Å². The molecule has 3 heterocycles. The largest absolute Gasteiger partial charge is 0.380 e. The van der Waals surface area contributed by atoms with E-state index in [0.29, 0.717) is 37.6 Å². The molecule has 1 atom stereocenters. The number of likely N-dealkylation sites (tertiary alicyclic amines) is 1. The highest BCUT2D eigenvalue weighted by Gasteiger charge is 2.36. The highest BCUT2D eigenvalue weighted by Crippen LogP contribution is 2.34. The van der Waals surface area contributed by atoms with Crippen LogP contribution in [0.4, 0.5) is 4.39 Å². The molecule has 1 aromatic heterocycles. The summed E-state index contributed by atoms with van der Waals surface area (Å²) in [6, 6.07) is 6.41. The molecule has 2 aliphatic rings. The number of rotatable bonds is 4. The SMILES string of the molecule is CC1(Cn2cc(C(=O)N3CCCC3c3ccccc3F)nn2)COC1. The van der Waals surface area contributed by atoms with Crippen molar-refractivity contribution in [3.63, 3.8) is 0 Å². The first-order chi connectivity index (χ1) is 12.1. The molecular formula is C18H21FN4O2. The molecule has 0 aliphatic carbocycles. The molecule has 6 nitrogen and oxygen atoms in total. The summed E-state index contributed by atoms with van der Waals surface area (Å²) in [5.41, 5.74) is 0.934. The summed E-state index contributed by atoms with van der Waals surface area (Å²) in [4.78, 5) is 14.6. The molecule has 0 radical (unpaired) electrons. The third-order valence-corrected chi connectivity index (χ3v) is 4.98. The maximum absolute atomic E-state index is 14.1. The predicted octanol–water partition coefficient (Wildman–Crippen LogP) is 2.43. The second kappa shape index (κ2) is 6.22. The van der Waals surface area contributed by atoms with Crippen LogP contribution >= 0.6 is 0 Å². The van der Waals surface area contributed by atoms with Gasteiger partial charge in [-0.05, 0) is 18.9 Å². The van der Waals surface area contributed by atoms with Crippen LogP contribution in [-0.2, 0) is 11.3 Å². The van der Waals surface area contributed by atoms with Gasteiger partial charge in [-0.25, -0.2) is 4.39 Å². The Morgan fingerprint density at radius 2 is 2.20 bits per heavy atom. The first-order valence-corrected chi connectivity index (χ1v) is 8.59. The lowest BCUT2D eigenvalue weighted by molar-refractivity contribution is -0.111. The Morgan fingerprint density at radius 3 is 2.92 bits per heavy atom. The van der Waals surface area contributed by atoms with E-state index in [9.17, 15) is 9.18 Å². The Bertz CT molecular complexity index is 787. The number of halogens is 1. The maximum atomic E-state index is 14.1. The van der Waals surface area contributed by atoms with Gasteiger partial charge in [0.15, 0.2) is 5.69 Å². The standard InChI is InChI=1S/C18H21FN4O2/c1-18(11-25-12-18)10-22-9-15(20-21-22)17(24)23-8-4-7-16(23)13-5-2-3-6-14(13)19/h2-3,5-6,9,16H,4,7-8,10-12H2,1H3. The molecule has 2 saturated heterocycles. The van der Waals surface area contributed by atoms with Crippen molar-refractivity contribution in [1.29, 1.82) is 0 Å². The molecule has 4 rings (SSSR count). The molecule has 1 unspecified atom stereocenters. The van der Waals surface area contributed by atoms with Gasteiger partial charge in [-0.2, -0.15) is 0 Å². The Balaban J connectivity index is 1.52.